The molecule has 0 aliphatic heterocycles. The molecule has 3 nitrogen and oxygen atoms in total. The molecule has 17 heavy (non-hydrogen) atoms. The van der Waals surface area contributed by atoms with E-state index in [0.717, 1.165) is 44.1 Å². The standard InChI is InChI=1S/C13H19IO3/c1-17-13(16)7-5-3-2-4-6-10-11(14)8-9-12(10)15/h2-9H2,1H3. The van der Waals surface area contributed by atoms with Gasteiger partial charge in [0.1, 0.15) is 0 Å². The Morgan fingerprint density at radius 3 is 2.53 bits per heavy atom. The first-order chi connectivity index (χ1) is 8.15. The van der Waals surface area contributed by atoms with Gasteiger partial charge in [0.05, 0.1) is 7.11 Å². The van der Waals surface area contributed by atoms with Crippen molar-refractivity contribution >= 4 is 34.3 Å². The van der Waals surface area contributed by atoms with Crippen molar-refractivity contribution in [1.29, 1.82) is 0 Å². The Balaban J connectivity index is 2.07. The van der Waals surface area contributed by atoms with Crippen molar-refractivity contribution in [3.63, 3.8) is 0 Å². The molecule has 0 unspecified atom stereocenters. The average molecular weight is 350 g/mol. The van der Waals surface area contributed by atoms with Crippen molar-refractivity contribution in [2.75, 3.05) is 7.11 Å². The molecule has 0 aromatic carbocycles. The summed E-state index contributed by atoms with van der Waals surface area (Å²) in [7, 11) is 1.42. The Morgan fingerprint density at radius 2 is 1.94 bits per heavy atom. The summed E-state index contributed by atoms with van der Waals surface area (Å²) in [6, 6.07) is 0. The van der Waals surface area contributed by atoms with Gasteiger partial charge in [-0.2, -0.15) is 0 Å². The summed E-state index contributed by atoms with van der Waals surface area (Å²) in [4.78, 5) is 22.4. The number of methoxy groups -OCH3 is 1. The highest BCUT2D eigenvalue weighted by Gasteiger charge is 2.20. The predicted molar refractivity (Wildman–Crippen MR) is 75.0 cm³/mol. The summed E-state index contributed by atoms with van der Waals surface area (Å²) >= 11 is 2.29. The molecular formula is C13H19IO3. The Labute approximate surface area is 116 Å². The van der Waals surface area contributed by atoms with Crippen molar-refractivity contribution in [1.82, 2.24) is 0 Å². The third-order valence-electron chi connectivity index (χ3n) is 3.02. The summed E-state index contributed by atoms with van der Waals surface area (Å²) in [6.45, 7) is 0. The third kappa shape index (κ3) is 5.19. The number of halogens is 1. The molecule has 0 amide bonds. The number of ether oxygens (including phenoxy) is 1. The molecule has 0 bridgehead atoms. The minimum atomic E-state index is -0.131. The predicted octanol–water partition coefficient (Wildman–Crippen LogP) is 3.55. The second kappa shape index (κ2) is 7.84. The van der Waals surface area contributed by atoms with E-state index in [1.165, 1.54) is 10.7 Å². The summed E-state index contributed by atoms with van der Waals surface area (Å²) in [5.74, 6) is 0.206. The summed E-state index contributed by atoms with van der Waals surface area (Å²) < 4.78 is 5.83. The maximum Gasteiger partial charge on any atom is 0.305 e. The Bertz CT molecular complexity index is 321. The van der Waals surface area contributed by atoms with Crippen LogP contribution < -0.4 is 0 Å². The van der Waals surface area contributed by atoms with Crippen LogP contribution in [0.25, 0.3) is 0 Å². The van der Waals surface area contributed by atoms with Crippen LogP contribution in [0.4, 0.5) is 0 Å². The molecule has 0 saturated carbocycles. The van der Waals surface area contributed by atoms with Crippen molar-refractivity contribution in [2.24, 2.45) is 0 Å². The Hall–Kier alpha value is -0.390. The maximum absolute atomic E-state index is 11.5. The average Bonchev–Trinajstić information content (AvgIpc) is 2.64. The van der Waals surface area contributed by atoms with Gasteiger partial charge >= 0.3 is 5.97 Å². The monoisotopic (exact) mass is 350 g/mol. The number of unbranched alkanes of at least 4 members (excludes halogenated alkanes) is 3. The Morgan fingerprint density at radius 1 is 1.24 bits per heavy atom. The zero-order valence-corrected chi connectivity index (χ0v) is 12.4. The van der Waals surface area contributed by atoms with Crippen molar-refractivity contribution < 1.29 is 14.3 Å². The first-order valence-electron chi connectivity index (χ1n) is 6.12. The van der Waals surface area contributed by atoms with Crippen LogP contribution in [0.1, 0.15) is 51.4 Å². The normalized spacial score (nSPS) is 15.5. The fraction of sp³-hybridized carbons (Fsp3) is 0.692. The lowest BCUT2D eigenvalue weighted by atomic mass is 10.0. The summed E-state index contributed by atoms with van der Waals surface area (Å²) in [6.07, 6.45) is 7.12. The minimum Gasteiger partial charge on any atom is -0.469 e. The first kappa shape index (κ1) is 14.7. The summed E-state index contributed by atoms with van der Waals surface area (Å²) in [5, 5.41) is 0. The maximum atomic E-state index is 11.5. The van der Waals surface area contributed by atoms with Gasteiger partial charge in [-0.15, -0.1) is 0 Å². The van der Waals surface area contributed by atoms with E-state index in [2.05, 4.69) is 27.3 Å². The highest BCUT2D eigenvalue weighted by molar-refractivity contribution is 14.1. The van der Waals surface area contributed by atoms with Gasteiger partial charge < -0.3 is 4.74 Å². The molecule has 0 spiro atoms. The first-order valence-corrected chi connectivity index (χ1v) is 7.20. The van der Waals surface area contributed by atoms with E-state index in [0.29, 0.717) is 18.6 Å². The lowest BCUT2D eigenvalue weighted by Crippen LogP contribution is -1.99. The van der Waals surface area contributed by atoms with Gasteiger partial charge in [0.15, 0.2) is 5.78 Å². The van der Waals surface area contributed by atoms with E-state index in [4.69, 9.17) is 0 Å². The molecule has 0 N–H and O–H groups in total. The molecule has 4 heteroatoms. The molecule has 0 aromatic heterocycles. The van der Waals surface area contributed by atoms with Crippen LogP contribution in [0.2, 0.25) is 0 Å². The van der Waals surface area contributed by atoms with Gasteiger partial charge in [0.25, 0.3) is 0 Å². The number of Topliss-reactive ketones (excluding diaryl/α,β-unsaturated/α-hetero) is 1. The fourth-order valence-electron chi connectivity index (χ4n) is 1.98. The number of rotatable bonds is 7. The SMILES string of the molecule is COC(=O)CCCCCCC1=C(I)CCC1=O. The molecule has 0 radical (unpaired) electrons. The number of allylic oxidation sites excluding steroid dienone is 2. The van der Waals surface area contributed by atoms with E-state index >= 15 is 0 Å². The minimum absolute atomic E-state index is 0.131. The van der Waals surface area contributed by atoms with Gasteiger partial charge in [-0.1, -0.05) is 12.8 Å². The van der Waals surface area contributed by atoms with Gasteiger partial charge in [-0.3, -0.25) is 9.59 Å². The number of ketones is 1. The Kier molecular flexibility index (Phi) is 6.77. The number of carbonyl (C=O) groups excluding carboxylic acids is 2. The van der Waals surface area contributed by atoms with Gasteiger partial charge in [0.2, 0.25) is 0 Å². The van der Waals surface area contributed by atoms with Gasteiger partial charge in [-0.05, 0) is 51.9 Å². The van der Waals surface area contributed by atoms with Crippen molar-refractivity contribution in [3.8, 4) is 0 Å². The molecule has 0 aromatic rings. The fourth-order valence-corrected chi connectivity index (χ4v) is 2.82. The highest BCUT2D eigenvalue weighted by atomic mass is 127. The van der Waals surface area contributed by atoms with E-state index in [-0.39, 0.29) is 5.97 Å². The molecule has 1 aliphatic carbocycles. The van der Waals surface area contributed by atoms with Crippen LogP contribution in [0.3, 0.4) is 0 Å². The molecule has 0 atom stereocenters. The molecule has 0 fully saturated rings. The molecule has 0 heterocycles. The lowest BCUT2D eigenvalue weighted by Gasteiger charge is -2.02. The topological polar surface area (TPSA) is 43.4 Å². The van der Waals surface area contributed by atoms with Crippen LogP contribution >= 0.6 is 22.6 Å². The van der Waals surface area contributed by atoms with Crippen molar-refractivity contribution in [2.45, 2.75) is 51.4 Å². The zero-order valence-electron chi connectivity index (χ0n) is 10.3. The van der Waals surface area contributed by atoms with E-state index in [1.54, 1.807) is 0 Å². The highest BCUT2D eigenvalue weighted by Crippen LogP contribution is 2.31. The second-order valence-electron chi connectivity index (χ2n) is 4.30. The largest absolute Gasteiger partial charge is 0.469 e. The number of esters is 1. The van der Waals surface area contributed by atoms with Crippen LogP contribution in [-0.4, -0.2) is 18.9 Å². The van der Waals surface area contributed by atoms with Crippen LogP contribution in [0, 0.1) is 0 Å². The lowest BCUT2D eigenvalue weighted by molar-refractivity contribution is -0.140. The van der Waals surface area contributed by atoms with Gasteiger partial charge in [0, 0.05) is 18.4 Å². The smallest absolute Gasteiger partial charge is 0.305 e. The third-order valence-corrected chi connectivity index (χ3v) is 4.21. The van der Waals surface area contributed by atoms with E-state index < -0.39 is 0 Å². The molecule has 96 valence electrons. The second-order valence-corrected chi connectivity index (χ2v) is 5.60. The van der Waals surface area contributed by atoms with Crippen LogP contribution in [0.5, 0.6) is 0 Å². The van der Waals surface area contributed by atoms with Crippen LogP contribution in [-0.2, 0) is 14.3 Å². The van der Waals surface area contributed by atoms with E-state index in [9.17, 15) is 9.59 Å². The quantitative estimate of drug-likeness (QED) is 0.401. The molecule has 1 aliphatic rings. The summed E-state index contributed by atoms with van der Waals surface area (Å²) in [5.41, 5.74) is 1.05. The number of carbonyl (C=O) groups is 2. The van der Waals surface area contributed by atoms with E-state index in [1.807, 2.05) is 0 Å². The van der Waals surface area contributed by atoms with Crippen LogP contribution in [0.15, 0.2) is 9.15 Å². The molecule has 1 rings (SSSR count). The number of hydrogen-bond donors (Lipinski definition) is 0. The molecule has 0 saturated heterocycles. The molecular weight excluding hydrogens is 331 g/mol. The van der Waals surface area contributed by atoms with Gasteiger partial charge in [-0.25, -0.2) is 0 Å². The van der Waals surface area contributed by atoms with Crippen molar-refractivity contribution in [3.05, 3.63) is 9.15 Å². The zero-order chi connectivity index (χ0) is 12.7. The number of hydrogen-bond acceptors (Lipinski definition) is 3.